The van der Waals surface area contributed by atoms with E-state index in [9.17, 15) is 22.0 Å². The van der Waals surface area contributed by atoms with Crippen molar-refractivity contribution in [2.75, 3.05) is 5.73 Å². The molecule has 18 heavy (non-hydrogen) atoms. The number of rotatable bonds is 3. The Hall–Kier alpha value is -0.950. The van der Waals surface area contributed by atoms with Gasteiger partial charge in [-0.05, 0) is 12.1 Å². The second kappa shape index (κ2) is 5.36. The van der Waals surface area contributed by atoms with E-state index >= 15 is 0 Å². The van der Waals surface area contributed by atoms with Crippen LogP contribution in [0.1, 0.15) is 0 Å². The molecule has 102 valence electrons. The van der Waals surface area contributed by atoms with E-state index in [1.54, 1.807) is 0 Å². The van der Waals surface area contributed by atoms with Gasteiger partial charge >= 0.3 is 6.18 Å². The lowest BCUT2D eigenvalue weighted by atomic mass is 10.3. The van der Waals surface area contributed by atoms with Gasteiger partial charge in [-0.15, -0.1) is 0 Å². The molecular weight excluding hydrogens is 304 g/mol. The molecule has 0 saturated carbocycles. The lowest BCUT2D eigenvalue weighted by Gasteiger charge is -2.19. The molecule has 0 fully saturated rings. The molecule has 1 aromatic rings. The maximum atomic E-state index is 13.0. The third-order valence-corrected chi connectivity index (χ3v) is 2.36. The van der Waals surface area contributed by atoms with E-state index in [1.165, 1.54) is 0 Å². The van der Waals surface area contributed by atoms with Crippen molar-refractivity contribution in [3.63, 3.8) is 0 Å². The molecule has 0 aliphatic rings. The largest absolute Gasteiger partial charge is 0.454 e. The molecule has 1 aromatic carbocycles. The van der Waals surface area contributed by atoms with Gasteiger partial charge in [0.15, 0.2) is 5.75 Å². The second-order valence-corrected chi connectivity index (χ2v) is 4.04. The van der Waals surface area contributed by atoms with Crippen LogP contribution in [-0.2, 0) is 0 Å². The fraction of sp³-hybridized carbons (Fsp3) is 0.333. The van der Waals surface area contributed by atoms with Gasteiger partial charge in [-0.3, -0.25) is 0 Å². The van der Waals surface area contributed by atoms with Gasteiger partial charge in [-0.2, -0.15) is 17.6 Å². The molecule has 2 N–H and O–H groups in total. The smallest absolute Gasteiger partial charge is 0.426 e. The van der Waals surface area contributed by atoms with Crippen molar-refractivity contribution in [2.24, 2.45) is 0 Å². The van der Waals surface area contributed by atoms with Crippen LogP contribution in [0, 0.1) is 0 Å². The van der Waals surface area contributed by atoms with Gasteiger partial charge in [0.2, 0.25) is 0 Å². The fourth-order valence-electron chi connectivity index (χ4n) is 1.01. The first kappa shape index (κ1) is 15.1. The highest BCUT2D eigenvalue weighted by Crippen LogP contribution is 2.37. The number of benzene rings is 1. The number of anilines is 1. The van der Waals surface area contributed by atoms with Crippen LogP contribution < -0.4 is 10.5 Å². The molecule has 2 atom stereocenters. The van der Waals surface area contributed by atoms with Crippen molar-refractivity contribution in [3.8, 4) is 5.75 Å². The minimum absolute atomic E-state index is 0.0976. The normalized spacial score (nSPS) is 15.3. The quantitative estimate of drug-likeness (QED) is 0.672. The van der Waals surface area contributed by atoms with Crippen LogP contribution in [-0.4, -0.2) is 18.7 Å². The van der Waals surface area contributed by atoms with Crippen LogP contribution in [0.2, 0.25) is 10.0 Å². The fourth-order valence-corrected chi connectivity index (χ4v) is 1.61. The zero-order valence-electron chi connectivity index (χ0n) is 8.44. The number of nitrogen functional groups attached to an aromatic ring is 1. The van der Waals surface area contributed by atoms with E-state index < -0.39 is 24.5 Å². The highest BCUT2D eigenvalue weighted by atomic mass is 35.5. The maximum Gasteiger partial charge on any atom is 0.426 e. The SMILES string of the molecule is Nc1cc(Cl)c(OC(F)C(F)C(F)(F)F)c(Cl)c1. The van der Waals surface area contributed by atoms with Crippen molar-refractivity contribution < 1.29 is 26.7 Å². The Morgan fingerprint density at radius 2 is 1.56 bits per heavy atom. The number of hydrogen-bond acceptors (Lipinski definition) is 2. The standard InChI is InChI=1S/C9H6Cl2F5NO/c10-4-1-3(17)2-5(11)6(4)18-8(13)7(12)9(14,15)16/h1-2,7-8H,17H2. The summed E-state index contributed by atoms with van der Waals surface area (Å²) in [4.78, 5) is 0. The molecule has 0 aliphatic heterocycles. The summed E-state index contributed by atoms with van der Waals surface area (Å²) in [6, 6.07) is 2.16. The van der Waals surface area contributed by atoms with E-state index in [4.69, 9.17) is 28.9 Å². The Labute approximate surface area is 108 Å². The predicted molar refractivity (Wildman–Crippen MR) is 57.3 cm³/mol. The summed E-state index contributed by atoms with van der Waals surface area (Å²) in [6.45, 7) is 0. The first-order valence-electron chi connectivity index (χ1n) is 4.39. The minimum Gasteiger partial charge on any atom is -0.454 e. The highest BCUT2D eigenvalue weighted by Gasteiger charge is 2.47. The topological polar surface area (TPSA) is 35.2 Å². The third kappa shape index (κ3) is 3.52. The lowest BCUT2D eigenvalue weighted by molar-refractivity contribution is -0.219. The minimum atomic E-state index is -5.38. The van der Waals surface area contributed by atoms with Crippen molar-refractivity contribution in [2.45, 2.75) is 18.7 Å². The molecule has 2 nitrogen and oxygen atoms in total. The summed E-state index contributed by atoms with van der Waals surface area (Å²) in [5.41, 5.74) is 5.41. The lowest BCUT2D eigenvalue weighted by Crippen LogP contribution is -2.37. The van der Waals surface area contributed by atoms with Crippen LogP contribution in [0.5, 0.6) is 5.75 Å². The number of ether oxygens (including phenoxy) is 1. The van der Waals surface area contributed by atoms with Crippen molar-refractivity contribution in [1.82, 2.24) is 0 Å². The average Bonchev–Trinajstić information content (AvgIpc) is 2.20. The number of hydrogen-bond donors (Lipinski definition) is 1. The first-order chi connectivity index (χ1) is 8.12. The van der Waals surface area contributed by atoms with Gasteiger partial charge in [0.1, 0.15) is 0 Å². The van der Waals surface area contributed by atoms with Crippen molar-refractivity contribution in [1.29, 1.82) is 0 Å². The summed E-state index contributed by atoms with van der Waals surface area (Å²) in [7, 11) is 0. The number of nitrogens with two attached hydrogens (primary N) is 1. The third-order valence-electron chi connectivity index (χ3n) is 1.79. The maximum absolute atomic E-state index is 13.0. The summed E-state index contributed by atoms with van der Waals surface area (Å²) in [5.74, 6) is -0.605. The Kier molecular flexibility index (Phi) is 4.50. The van der Waals surface area contributed by atoms with Gasteiger partial charge in [-0.25, -0.2) is 4.39 Å². The molecule has 1 rings (SSSR count). The van der Waals surface area contributed by atoms with E-state index in [-0.39, 0.29) is 15.7 Å². The molecular formula is C9H6Cl2F5NO. The van der Waals surface area contributed by atoms with Gasteiger partial charge in [0.05, 0.1) is 10.0 Å². The van der Waals surface area contributed by atoms with Crippen LogP contribution in [0.3, 0.4) is 0 Å². The summed E-state index contributed by atoms with van der Waals surface area (Å²) in [5, 5.41) is -0.644. The van der Waals surface area contributed by atoms with Gasteiger partial charge in [0.25, 0.3) is 12.5 Å². The molecule has 0 saturated heterocycles. The predicted octanol–water partition coefficient (Wildman–Crippen LogP) is 4.15. The molecule has 9 heteroatoms. The molecule has 0 bridgehead atoms. The van der Waals surface area contributed by atoms with Gasteiger partial charge < -0.3 is 10.5 Å². The molecule has 0 aliphatic carbocycles. The van der Waals surface area contributed by atoms with Gasteiger partial charge in [0, 0.05) is 5.69 Å². The Balaban J connectivity index is 2.92. The Bertz CT molecular complexity index is 416. The summed E-state index contributed by atoms with van der Waals surface area (Å²) >= 11 is 11.1. The number of alkyl halides is 5. The van der Waals surface area contributed by atoms with Crippen molar-refractivity contribution in [3.05, 3.63) is 22.2 Å². The molecule has 0 heterocycles. The monoisotopic (exact) mass is 309 g/mol. The second-order valence-electron chi connectivity index (χ2n) is 3.23. The van der Waals surface area contributed by atoms with E-state index in [0.29, 0.717) is 0 Å². The Morgan fingerprint density at radius 3 is 1.94 bits per heavy atom. The summed E-state index contributed by atoms with van der Waals surface area (Å²) < 4.78 is 65.4. The molecule has 0 radical (unpaired) electrons. The molecule has 0 aromatic heterocycles. The average molecular weight is 310 g/mol. The van der Waals surface area contributed by atoms with E-state index in [1.807, 2.05) is 0 Å². The van der Waals surface area contributed by atoms with Crippen LogP contribution in [0.25, 0.3) is 0 Å². The van der Waals surface area contributed by atoms with Crippen molar-refractivity contribution >= 4 is 28.9 Å². The van der Waals surface area contributed by atoms with E-state index in [0.717, 1.165) is 12.1 Å². The molecule has 0 spiro atoms. The van der Waals surface area contributed by atoms with Crippen LogP contribution >= 0.6 is 23.2 Å². The van der Waals surface area contributed by atoms with Crippen LogP contribution in [0.4, 0.5) is 27.6 Å². The summed E-state index contributed by atoms with van der Waals surface area (Å²) in [6.07, 6.45) is -12.5. The Morgan fingerprint density at radius 1 is 1.11 bits per heavy atom. The van der Waals surface area contributed by atoms with Gasteiger partial charge in [-0.1, -0.05) is 23.2 Å². The highest BCUT2D eigenvalue weighted by molar-refractivity contribution is 6.37. The first-order valence-corrected chi connectivity index (χ1v) is 5.14. The van der Waals surface area contributed by atoms with E-state index in [2.05, 4.69) is 4.74 Å². The zero-order valence-corrected chi connectivity index (χ0v) is 9.95. The van der Waals surface area contributed by atoms with Crippen LogP contribution in [0.15, 0.2) is 12.1 Å². The molecule has 2 unspecified atom stereocenters. The zero-order chi connectivity index (χ0) is 14.1. The molecule has 0 amide bonds. The number of halogens is 7.